The highest BCUT2D eigenvalue weighted by Gasteiger charge is 2.20. The van der Waals surface area contributed by atoms with Crippen molar-refractivity contribution in [1.29, 1.82) is 0 Å². The zero-order chi connectivity index (χ0) is 13.2. The minimum atomic E-state index is -3.41. The van der Waals surface area contributed by atoms with Crippen molar-refractivity contribution in [2.45, 2.75) is 25.2 Å². The molecule has 0 saturated heterocycles. The van der Waals surface area contributed by atoms with Crippen molar-refractivity contribution < 1.29 is 18.3 Å². The molecule has 1 aromatic rings. The van der Waals surface area contributed by atoms with E-state index in [1.165, 1.54) is 12.1 Å². The van der Waals surface area contributed by atoms with Crippen molar-refractivity contribution in [1.82, 2.24) is 0 Å². The Bertz CT molecular complexity index is 549. The van der Waals surface area contributed by atoms with Crippen LogP contribution >= 0.6 is 15.9 Å². The van der Waals surface area contributed by atoms with Crippen LogP contribution in [0.2, 0.25) is 0 Å². The molecule has 4 nitrogen and oxygen atoms in total. The molecule has 0 spiro atoms. The van der Waals surface area contributed by atoms with Crippen molar-refractivity contribution >= 4 is 31.7 Å². The van der Waals surface area contributed by atoms with Crippen LogP contribution in [0, 0.1) is 6.92 Å². The van der Waals surface area contributed by atoms with Gasteiger partial charge in [-0.3, -0.25) is 0 Å². The first-order valence-corrected chi connectivity index (χ1v) is 7.50. The Morgan fingerprint density at radius 2 is 2.00 bits per heavy atom. The van der Waals surface area contributed by atoms with Crippen molar-refractivity contribution in [3.8, 4) is 0 Å². The quantitative estimate of drug-likeness (QED) is 0.925. The molecular formula is C11H13BrO4S. The van der Waals surface area contributed by atoms with Crippen molar-refractivity contribution in [3.63, 3.8) is 0 Å². The maximum atomic E-state index is 12.0. The van der Waals surface area contributed by atoms with Crippen LogP contribution in [0.25, 0.3) is 0 Å². The van der Waals surface area contributed by atoms with Gasteiger partial charge in [0.25, 0.3) is 0 Å². The van der Waals surface area contributed by atoms with Gasteiger partial charge in [0.05, 0.1) is 16.2 Å². The Kier molecular flexibility index (Phi) is 4.32. The third-order valence-corrected chi connectivity index (χ3v) is 5.22. The molecule has 17 heavy (non-hydrogen) atoms. The minimum absolute atomic E-state index is 0.0172. The summed E-state index contributed by atoms with van der Waals surface area (Å²) in [6, 6.07) is 2.62. The third kappa shape index (κ3) is 3.07. The van der Waals surface area contributed by atoms with Crippen LogP contribution in [-0.4, -0.2) is 25.2 Å². The van der Waals surface area contributed by atoms with Crippen LogP contribution < -0.4 is 0 Å². The average molecular weight is 321 g/mol. The average Bonchev–Trinajstić information content (AvgIpc) is 2.21. The summed E-state index contributed by atoms with van der Waals surface area (Å²) in [7, 11) is -3.41. The van der Waals surface area contributed by atoms with Crippen molar-refractivity contribution in [2.24, 2.45) is 0 Å². The molecule has 0 heterocycles. The Balaban J connectivity index is 3.48. The van der Waals surface area contributed by atoms with E-state index in [4.69, 9.17) is 5.11 Å². The number of rotatable bonds is 4. The fourth-order valence-corrected chi connectivity index (χ4v) is 3.71. The molecule has 1 rings (SSSR count). The van der Waals surface area contributed by atoms with Crippen molar-refractivity contribution in [2.75, 3.05) is 5.75 Å². The summed E-state index contributed by atoms with van der Waals surface area (Å²) in [4.78, 5) is 11.0. The van der Waals surface area contributed by atoms with Gasteiger partial charge in [0, 0.05) is 4.47 Å². The summed E-state index contributed by atoms with van der Waals surface area (Å²) in [6.07, 6.45) is 0.497. The third-order valence-electron chi connectivity index (χ3n) is 2.35. The lowest BCUT2D eigenvalue weighted by molar-refractivity contribution is 0.0696. The Morgan fingerprint density at radius 3 is 2.47 bits per heavy atom. The second-order valence-electron chi connectivity index (χ2n) is 3.71. The van der Waals surface area contributed by atoms with Gasteiger partial charge in [-0.05, 0) is 31.0 Å². The Hall–Kier alpha value is -0.880. The Labute approximate surface area is 109 Å². The number of carboxylic acids is 1. The lowest BCUT2D eigenvalue weighted by Gasteiger charge is -2.09. The molecule has 0 unspecified atom stereocenters. The molecule has 1 aromatic carbocycles. The van der Waals surface area contributed by atoms with Gasteiger partial charge in [0.1, 0.15) is 0 Å². The number of carbonyl (C=O) groups is 1. The van der Waals surface area contributed by atoms with E-state index in [2.05, 4.69) is 15.9 Å². The van der Waals surface area contributed by atoms with Gasteiger partial charge in [-0.15, -0.1) is 0 Å². The highest BCUT2D eigenvalue weighted by atomic mass is 79.9. The highest BCUT2D eigenvalue weighted by Crippen LogP contribution is 2.26. The van der Waals surface area contributed by atoms with Crippen LogP contribution in [0.3, 0.4) is 0 Å². The van der Waals surface area contributed by atoms with E-state index in [9.17, 15) is 13.2 Å². The molecule has 0 aliphatic rings. The largest absolute Gasteiger partial charge is 0.478 e. The topological polar surface area (TPSA) is 71.4 Å². The van der Waals surface area contributed by atoms with Gasteiger partial charge in [-0.1, -0.05) is 22.9 Å². The zero-order valence-corrected chi connectivity index (χ0v) is 11.9. The summed E-state index contributed by atoms with van der Waals surface area (Å²) < 4.78 is 24.4. The van der Waals surface area contributed by atoms with E-state index in [1.54, 1.807) is 13.8 Å². The maximum Gasteiger partial charge on any atom is 0.335 e. The second kappa shape index (κ2) is 5.18. The molecule has 0 atom stereocenters. The van der Waals surface area contributed by atoms with E-state index < -0.39 is 15.8 Å². The monoisotopic (exact) mass is 320 g/mol. The van der Waals surface area contributed by atoms with E-state index in [-0.39, 0.29) is 16.2 Å². The molecule has 0 radical (unpaired) electrons. The standard InChI is InChI=1S/C11H13BrO4S/c1-3-4-17(15,16)10-6-8(11(13)14)5-9(12)7(10)2/h5-6H,3-4H2,1-2H3,(H,13,14). The number of halogens is 1. The smallest absolute Gasteiger partial charge is 0.335 e. The molecule has 0 fully saturated rings. The summed E-state index contributed by atoms with van der Waals surface area (Å²) in [5.74, 6) is -1.12. The van der Waals surface area contributed by atoms with Gasteiger partial charge in [0.15, 0.2) is 9.84 Å². The van der Waals surface area contributed by atoms with E-state index in [0.717, 1.165) is 0 Å². The number of aromatic carboxylic acids is 1. The van der Waals surface area contributed by atoms with Crippen LogP contribution in [0.5, 0.6) is 0 Å². The lowest BCUT2D eigenvalue weighted by Crippen LogP contribution is -2.10. The first-order chi connectivity index (χ1) is 7.79. The van der Waals surface area contributed by atoms with Crippen LogP contribution in [0.1, 0.15) is 29.3 Å². The summed E-state index contributed by atoms with van der Waals surface area (Å²) in [6.45, 7) is 3.42. The fourth-order valence-electron chi connectivity index (χ4n) is 1.48. The molecule has 0 aliphatic heterocycles. The van der Waals surface area contributed by atoms with E-state index >= 15 is 0 Å². The van der Waals surface area contributed by atoms with Gasteiger partial charge in [0.2, 0.25) is 0 Å². The molecule has 1 N–H and O–H groups in total. The number of benzene rings is 1. The summed E-state index contributed by atoms with van der Waals surface area (Å²) in [5, 5.41) is 8.90. The van der Waals surface area contributed by atoms with Crippen LogP contribution in [0.4, 0.5) is 0 Å². The van der Waals surface area contributed by atoms with E-state index in [1.807, 2.05) is 0 Å². The Morgan fingerprint density at radius 1 is 1.41 bits per heavy atom. The number of hydrogen-bond acceptors (Lipinski definition) is 3. The number of hydrogen-bond donors (Lipinski definition) is 1. The number of sulfone groups is 1. The molecule has 6 heteroatoms. The molecular weight excluding hydrogens is 308 g/mol. The van der Waals surface area contributed by atoms with Crippen molar-refractivity contribution in [3.05, 3.63) is 27.7 Å². The second-order valence-corrected chi connectivity index (χ2v) is 6.64. The van der Waals surface area contributed by atoms with Gasteiger partial charge in [-0.2, -0.15) is 0 Å². The SMILES string of the molecule is CCCS(=O)(=O)c1cc(C(=O)O)cc(Br)c1C. The van der Waals surface area contributed by atoms with Gasteiger partial charge >= 0.3 is 5.97 Å². The molecule has 0 saturated carbocycles. The van der Waals surface area contributed by atoms with Gasteiger partial charge < -0.3 is 5.11 Å². The zero-order valence-electron chi connectivity index (χ0n) is 9.53. The molecule has 94 valence electrons. The maximum absolute atomic E-state index is 12.0. The predicted molar refractivity (Wildman–Crippen MR) is 68.2 cm³/mol. The minimum Gasteiger partial charge on any atom is -0.478 e. The first-order valence-electron chi connectivity index (χ1n) is 5.05. The fraction of sp³-hybridized carbons (Fsp3) is 0.364. The molecule has 0 aromatic heterocycles. The highest BCUT2D eigenvalue weighted by molar-refractivity contribution is 9.10. The predicted octanol–water partition coefficient (Wildman–Crippen LogP) is 2.64. The van der Waals surface area contributed by atoms with Gasteiger partial charge in [-0.25, -0.2) is 13.2 Å². The summed E-state index contributed by atoms with van der Waals surface area (Å²) in [5.41, 5.74) is 0.514. The summed E-state index contributed by atoms with van der Waals surface area (Å²) >= 11 is 3.18. The molecule has 0 aliphatic carbocycles. The molecule has 0 amide bonds. The van der Waals surface area contributed by atoms with E-state index in [0.29, 0.717) is 16.5 Å². The molecule has 0 bridgehead atoms. The van der Waals surface area contributed by atoms with Crippen LogP contribution in [0.15, 0.2) is 21.5 Å². The lowest BCUT2D eigenvalue weighted by atomic mass is 10.1. The first kappa shape index (κ1) is 14.2. The number of carboxylic acid groups (broad SMARTS) is 1. The van der Waals surface area contributed by atoms with Crippen LogP contribution in [-0.2, 0) is 9.84 Å². The normalized spacial score (nSPS) is 11.5.